The Labute approximate surface area is 227 Å². The van der Waals surface area contributed by atoms with E-state index >= 15 is 0 Å². The standard InChI is InChI=1S/C38H25N/c1-2-5-15-27(14-4-1)29-24-35-36(25-29)39(30-22-20-28(21-23-30)26-12-6-3-7-13-26)38-34-19-11-9-17-32(34)31-16-8-10-18-33(31)37(35)38/h1-4,6-23,25H,24H2. The van der Waals surface area contributed by atoms with Gasteiger partial charge in [0, 0.05) is 22.9 Å². The molecule has 0 saturated carbocycles. The third kappa shape index (κ3) is 3.42. The Morgan fingerprint density at radius 1 is 0.615 bits per heavy atom. The van der Waals surface area contributed by atoms with Crippen LogP contribution in [0.25, 0.3) is 55.3 Å². The average molecular weight is 496 g/mol. The van der Waals surface area contributed by atoms with Gasteiger partial charge in [-0.3, -0.25) is 0 Å². The molecule has 1 nitrogen and oxygen atoms in total. The maximum atomic E-state index is 3.30. The van der Waals surface area contributed by atoms with Crippen molar-refractivity contribution in [3.05, 3.63) is 162 Å². The molecule has 0 radical (unpaired) electrons. The largest absolute Gasteiger partial charge is 0.309 e. The van der Waals surface area contributed by atoms with Crippen molar-refractivity contribution in [1.29, 1.82) is 0 Å². The molecule has 1 heterocycles. The Bertz CT molecular complexity index is 2090. The van der Waals surface area contributed by atoms with Gasteiger partial charge in [0.1, 0.15) is 0 Å². The third-order valence-electron chi connectivity index (χ3n) is 8.08. The third-order valence-corrected chi connectivity index (χ3v) is 8.08. The predicted octanol–water partition coefficient (Wildman–Crippen LogP) is 9.75. The van der Waals surface area contributed by atoms with Crippen LogP contribution >= 0.6 is 0 Å². The molecule has 0 spiro atoms. The van der Waals surface area contributed by atoms with Gasteiger partial charge in [0.15, 0.2) is 0 Å². The van der Waals surface area contributed by atoms with Crippen LogP contribution in [0.5, 0.6) is 0 Å². The maximum Gasteiger partial charge on any atom is 0.0622 e. The molecule has 182 valence electrons. The Morgan fingerprint density at radius 3 is 2.08 bits per heavy atom. The van der Waals surface area contributed by atoms with Crippen molar-refractivity contribution in [2.75, 3.05) is 0 Å². The number of rotatable bonds is 3. The second kappa shape index (κ2) is 8.74. The molecule has 1 aromatic heterocycles. The zero-order valence-electron chi connectivity index (χ0n) is 21.4. The van der Waals surface area contributed by atoms with Gasteiger partial charge in [0.25, 0.3) is 0 Å². The molecule has 8 rings (SSSR count). The molecule has 0 atom stereocenters. The molecular formula is C38H25N. The Balaban J connectivity index is 1.45. The lowest BCUT2D eigenvalue weighted by Gasteiger charge is -2.14. The molecule has 39 heavy (non-hydrogen) atoms. The van der Waals surface area contributed by atoms with Crippen molar-refractivity contribution in [1.82, 2.24) is 4.57 Å². The van der Waals surface area contributed by atoms with Crippen LogP contribution in [0.2, 0.25) is 0 Å². The summed E-state index contributed by atoms with van der Waals surface area (Å²) in [5, 5.41) is 6.59. The van der Waals surface area contributed by atoms with Crippen molar-refractivity contribution in [3.63, 3.8) is 0 Å². The van der Waals surface area contributed by atoms with E-state index in [-0.39, 0.29) is 0 Å². The van der Waals surface area contributed by atoms with Gasteiger partial charge in [0.2, 0.25) is 0 Å². The van der Waals surface area contributed by atoms with Crippen LogP contribution in [0, 0.1) is 0 Å². The molecule has 0 unspecified atom stereocenters. The first kappa shape index (κ1) is 21.9. The Hall–Kier alpha value is -5.10. The second-order valence-corrected chi connectivity index (χ2v) is 10.3. The fourth-order valence-corrected chi connectivity index (χ4v) is 6.32. The van der Waals surface area contributed by atoms with Crippen molar-refractivity contribution in [2.24, 2.45) is 0 Å². The molecule has 2 aliphatic carbocycles. The molecule has 0 saturated heterocycles. The molecule has 0 N–H and O–H groups in total. The number of nitrogens with zero attached hydrogens (tertiary/aromatic N) is 1. The van der Waals surface area contributed by atoms with E-state index in [1.54, 1.807) is 0 Å². The van der Waals surface area contributed by atoms with E-state index < -0.39 is 0 Å². The van der Waals surface area contributed by atoms with Crippen LogP contribution in [-0.4, -0.2) is 4.57 Å². The highest BCUT2D eigenvalue weighted by atomic mass is 15.0. The van der Waals surface area contributed by atoms with E-state index in [0.29, 0.717) is 0 Å². The molecule has 0 amide bonds. The molecule has 0 fully saturated rings. The van der Waals surface area contributed by atoms with Crippen LogP contribution in [0.1, 0.15) is 11.3 Å². The van der Waals surface area contributed by atoms with Crippen LogP contribution < -0.4 is 0 Å². The number of fused-ring (bicyclic) bond motifs is 8. The van der Waals surface area contributed by atoms with Gasteiger partial charge in [-0.05, 0) is 74.4 Å². The molecule has 1 heteroatoms. The van der Waals surface area contributed by atoms with Gasteiger partial charge in [0.05, 0.1) is 11.2 Å². The summed E-state index contributed by atoms with van der Waals surface area (Å²) in [5.41, 5.74) is 13.5. The summed E-state index contributed by atoms with van der Waals surface area (Å²) in [6, 6.07) is 37.4. The summed E-state index contributed by atoms with van der Waals surface area (Å²) in [6.45, 7) is 0. The minimum Gasteiger partial charge on any atom is -0.309 e. The lowest BCUT2D eigenvalue weighted by molar-refractivity contribution is 1.10. The average Bonchev–Trinajstić information content (AvgIpc) is 3.43. The smallest absolute Gasteiger partial charge is 0.0622 e. The summed E-state index contributed by atoms with van der Waals surface area (Å²) < 4.78 is 2.49. The van der Waals surface area contributed by atoms with Crippen LogP contribution in [0.15, 0.2) is 150 Å². The highest BCUT2D eigenvalue weighted by molar-refractivity contribution is 6.26. The lowest BCUT2D eigenvalue weighted by atomic mass is 9.94. The summed E-state index contributed by atoms with van der Waals surface area (Å²) in [6.07, 6.45) is 13.7. The molecular weight excluding hydrogens is 470 g/mol. The van der Waals surface area contributed by atoms with Crippen molar-refractivity contribution in [2.45, 2.75) is 6.42 Å². The first-order chi connectivity index (χ1) is 19.4. The number of aromatic nitrogens is 1. The SMILES string of the molecule is C1=CC=CC=C(C2=Cc3c(c4c5ccccc5c5ccccc5c4n3-c3ccc(-c4ccccc4)cc3)C2)C=1. The zero-order valence-corrected chi connectivity index (χ0v) is 21.4. The Morgan fingerprint density at radius 2 is 1.28 bits per heavy atom. The normalized spacial score (nSPS) is 14.2. The highest BCUT2D eigenvalue weighted by Crippen LogP contribution is 2.45. The minimum absolute atomic E-state index is 0.904. The van der Waals surface area contributed by atoms with Gasteiger partial charge in [-0.1, -0.05) is 109 Å². The van der Waals surface area contributed by atoms with Gasteiger partial charge in [-0.25, -0.2) is 0 Å². The fraction of sp³-hybridized carbons (Fsp3) is 0.0263. The zero-order chi connectivity index (χ0) is 25.8. The van der Waals surface area contributed by atoms with E-state index in [0.717, 1.165) is 6.42 Å². The number of allylic oxidation sites excluding steroid dienone is 6. The first-order valence-corrected chi connectivity index (χ1v) is 13.5. The summed E-state index contributed by atoms with van der Waals surface area (Å²) in [5.74, 6) is 0. The molecule has 0 bridgehead atoms. The van der Waals surface area contributed by atoms with E-state index in [1.807, 2.05) is 12.2 Å². The Kier molecular flexibility index (Phi) is 4.91. The highest BCUT2D eigenvalue weighted by Gasteiger charge is 2.27. The van der Waals surface area contributed by atoms with Crippen LogP contribution in [-0.2, 0) is 6.42 Å². The maximum absolute atomic E-state index is 3.30. The second-order valence-electron chi connectivity index (χ2n) is 10.3. The van der Waals surface area contributed by atoms with Gasteiger partial charge < -0.3 is 4.57 Å². The lowest BCUT2D eigenvalue weighted by Crippen LogP contribution is -1.97. The van der Waals surface area contributed by atoms with Crippen molar-refractivity contribution >= 4 is 38.5 Å². The monoisotopic (exact) mass is 495 g/mol. The summed E-state index contributed by atoms with van der Waals surface area (Å²) >= 11 is 0. The van der Waals surface area contributed by atoms with Gasteiger partial charge >= 0.3 is 0 Å². The number of hydrogen-bond acceptors (Lipinski definition) is 0. The summed E-state index contributed by atoms with van der Waals surface area (Å²) in [7, 11) is 0. The first-order valence-electron chi connectivity index (χ1n) is 13.5. The van der Waals surface area contributed by atoms with Gasteiger partial charge in [-0.15, -0.1) is 5.73 Å². The van der Waals surface area contributed by atoms with Gasteiger partial charge in [-0.2, -0.15) is 0 Å². The van der Waals surface area contributed by atoms with E-state index in [4.69, 9.17) is 0 Å². The topological polar surface area (TPSA) is 4.93 Å². The molecule has 5 aromatic carbocycles. The van der Waals surface area contributed by atoms with E-state index in [1.165, 1.54) is 71.7 Å². The number of hydrogen-bond donors (Lipinski definition) is 0. The van der Waals surface area contributed by atoms with E-state index in [9.17, 15) is 0 Å². The molecule has 6 aromatic rings. The minimum atomic E-state index is 0.904. The van der Waals surface area contributed by atoms with E-state index in [2.05, 4.69) is 138 Å². The predicted molar refractivity (Wildman–Crippen MR) is 165 cm³/mol. The van der Waals surface area contributed by atoms with Crippen LogP contribution in [0.3, 0.4) is 0 Å². The quantitative estimate of drug-likeness (QED) is 0.170. The van der Waals surface area contributed by atoms with Crippen LogP contribution in [0.4, 0.5) is 0 Å². The molecule has 0 aliphatic heterocycles. The van der Waals surface area contributed by atoms with Crippen molar-refractivity contribution < 1.29 is 0 Å². The number of benzene rings is 5. The molecule has 2 aliphatic rings. The summed E-state index contributed by atoms with van der Waals surface area (Å²) in [4.78, 5) is 0. The fourth-order valence-electron chi connectivity index (χ4n) is 6.32. The van der Waals surface area contributed by atoms with Crippen molar-refractivity contribution in [3.8, 4) is 16.8 Å².